The molecular formula is C11H14O3. The lowest BCUT2D eigenvalue weighted by molar-refractivity contribution is -0.107. The van der Waals surface area contributed by atoms with Gasteiger partial charge in [-0.3, -0.25) is 0 Å². The molecule has 1 rings (SSSR count). The molecule has 0 amide bonds. The highest BCUT2D eigenvalue weighted by Crippen LogP contribution is 2.29. The predicted octanol–water partition coefficient (Wildman–Crippen LogP) is 1.93. The highest BCUT2D eigenvalue weighted by Gasteiger charge is 2.07. The van der Waals surface area contributed by atoms with Crippen LogP contribution in [-0.2, 0) is 11.2 Å². The van der Waals surface area contributed by atoms with Crippen molar-refractivity contribution in [2.24, 2.45) is 0 Å². The number of unbranched alkanes of at least 4 members (excludes halogenated alkanes) is 1. The predicted molar refractivity (Wildman–Crippen MR) is 53.5 cm³/mol. The van der Waals surface area contributed by atoms with E-state index >= 15 is 0 Å². The fourth-order valence-corrected chi connectivity index (χ4v) is 1.41. The zero-order valence-electron chi connectivity index (χ0n) is 8.16. The van der Waals surface area contributed by atoms with Crippen LogP contribution in [0.3, 0.4) is 0 Å². The number of phenolic OH excluding ortho intramolecular Hbond substituents is 2. The molecule has 0 aliphatic carbocycles. The van der Waals surface area contributed by atoms with E-state index in [2.05, 4.69) is 0 Å². The third-order valence-corrected chi connectivity index (χ3v) is 2.29. The van der Waals surface area contributed by atoms with E-state index in [-0.39, 0.29) is 11.5 Å². The first kappa shape index (κ1) is 10.6. The summed E-state index contributed by atoms with van der Waals surface area (Å²) in [6.07, 6.45) is 2.65. The smallest absolute Gasteiger partial charge is 0.120 e. The topological polar surface area (TPSA) is 57.5 Å². The van der Waals surface area contributed by atoms with Crippen molar-refractivity contribution >= 4 is 6.29 Å². The highest BCUT2D eigenvalue weighted by molar-refractivity contribution is 5.50. The zero-order valence-corrected chi connectivity index (χ0v) is 8.16. The fraction of sp³-hybridized carbons (Fsp3) is 0.364. The summed E-state index contributed by atoms with van der Waals surface area (Å²) in [4.78, 5) is 10.1. The number of hydrogen-bond donors (Lipinski definition) is 2. The van der Waals surface area contributed by atoms with Crippen LogP contribution in [0.2, 0.25) is 0 Å². The molecule has 0 bridgehead atoms. The van der Waals surface area contributed by atoms with Gasteiger partial charge in [-0.15, -0.1) is 0 Å². The number of phenols is 2. The molecule has 1 aromatic carbocycles. The van der Waals surface area contributed by atoms with E-state index in [1.807, 2.05) is 0 Å². The minimum Gasteiger partial charge on any atom is -0.508 e. The number of benzene rings is 1. The molecule has 0 fully saturated rings. The monoisotopic (exact) mass is 194 g/mol. The maximum Gasteiger partial charge on any atom is 0.120 e. The molecule has 0 unspecified atom stereocenters. The average molecular weight is 194 g/mol. The van der Waals surface area contributed by atoms with Gasteiger partial charge in [-0.1, -0.05) is 0 Å². The number of hydrogen-bond acceptors (Lipinski definition) is 3. The molecule has 0 aliphatic rings. The highest BCUT2D eigenvalue weighted by atomic mass is 16.3. The molecule has 0 saturated heterocycles. The van der Waals surface area contributed by atoms with Gasteiger partial charge in [0.25, 0.3) is 0 Å². The second-order valence-electron chi connectivity index (χ2n) is 3.27. The van der Waals surface area contributed by atoms with E-state index in [9.17, 15) is 15.0 Å². The molecule has 0 radical (unpaired) electrons. The number of carbonyl (C=O) groups excluding carboxylic acids is 1. The van der Waals surface area contributed by atoms with Gasteiger partial charge >= 0.3 is 0 Å². The molecule has 0 aliphatic heterocycles. The third-order valence-electron chi connectivity index (χ3n) is 2.29. The molecule has 1 aromatic rings. The summed E-state index contributed by atoms with van der Waals surface area (Å²) in [5.74, 6) is 0.370. The van der Waals surface area contributed by atoms with Crippen molar-refractivity contribution in [1.82, 2.24) is 0 Å². The Kier molecular flexibility index (Phi) is 3.51. The largest absolute Gasteiger partial charge is 0.508 e. The Balaban J connectivity index is 2.83. The SMILES string of the molecule is Cc1c(O)ccc(O)c1CCCC=O. The Hall–Kier alpha value is -1.51. The number of aldehydes is 1. The summed E-state index contributed by atoms with van der Waals surface area (Å²) in [5.41, 5.74) is 1.42. The van der Waals surface area contributed by atoms with Crippen LogP contribution in [0.1, 0.15) is 24.0 Å². The van der Waals surface area contributed by atoms with Gasteiger partial charge in [0.05, 0.1) is 0 Å². The second-order valence-corrected chi connectivity index (χ2v) is 3.27. The van der Waals surface area contributed by atoms with Crippen molar-refractivity contribution < 1.29 is 15.0 Å². The van der Waals surface area contributed by atoms with Crippen LogP contribution in [0.25, 0.3) is 0 Å². The average Bonchev–Trinajstić information content (AvgIpc) is 2.18. The van der Waals surface area contributed by atoms with Crippen molar-refractivity contribution in [3.63, 3.8) is 0 Å². The van der Waals surface area contributed by atoms with Crippen molar-refractivity contribution in [3.8, 4) is 11.5 Å². The van der Waals surface area contributed by atoms with E-state index in [0.29, 0.717) is 24.8 Å². The molecule has 2 N–H and O–H groups in total. The van der Waals surface area contributed by atoms with Crippen LogP contribution in [0, 0.1) is 6.92 Å². The molecule has 76 valence electrons. The molecular weight excluding hydrogens is 180 g/mol. The Morgan fingerprint density at radius 1 is 1.29 bits per heavy atom. The van der Waals surface area contributed by atoms with Gasteiger partial charge in [-0.05, 0) is 37.5 Å². The first-order valence-corrected chi connectivity index (χ1v) is 4.61. The molecule has 0 spiro atoms. The molecule has 0 aromatic heterocycles. The second kappa shape index (κ2) is 4.65. The van der Waals surface area contributed by atoms with Crippen LogP contribution >= 0.6 is 0 Å². The van der Waals surface area contributed by atoms with Crippen LogP contribution in [0.5, 0.6) is 11.5 Å². The first-order valence-electron chi connectivity index (χ1n) is 4.61. The normalized spacial score (nSPS) is 10.1. The van der Waals surface area contributed by atoms with Gasteiger partial charge < -0.3 is 15.0 Å². The van der Waals surface area contributed by atoms with Gasteiger partial charge in [0.1, 0.15) is 17.8 Å². The Bertz CT molecular complexity index is 332. The molecule has 0 heterocycles. The van der Waals surface area contributed by atoms with Gasteiger partial charge in [-0.25, -0.2) is 0 Å². The van der Waals surface area contributed by atoms with E-state index < -0.39 is 0 Å². The lowest BCUT2D eigenvalue weighted by Crippen LogP contribution is -1.92. The fourth-order valence-electron chi connectivity index (χ4n) is 1.41. The lowest BCUT2D eigenvalue weighted by Gasteiger charge is -2.08. The summed E-state index contributed by atoms with van der Waals surface area (Å²) in [7, 11) is 0. The summed E-state index contributed by atoms with van der Waals surface area (Å²) in [5, 5.41) is 18.9. The summed E-state index contributed by atoms with van der Waals surface area (Å²) in [6, 6.07) is 2.94. The maximum absolute atomic E-state index is 10.1. The van der Waals surface area contributed by atoms with E-state index in [1.54, 1.807) is 6.92 Å². The van der Waals surface area contributed by atoms with E-state index in [4.69, 9.17) is 0 Å². The standard InChI is InChI=1S/C11H14O3/c1-8-9(4-2-3-7-12)11(14)6-5-10(8)13/h5-7,13-14H,2-4H2,1H3. The molecule has 3 heteroatoms. The van der Waals surface area contributed by atoms with Gasteiger partial charge in [-0.2, -0.15) is 0 Å². The van der Waals surface area contributed by atoms with Gasteiger partial charge in [0.15, 0.2) is 0 Å². The van der Waals surface area contributed by atoms with Crippen molar-refractivity contribution in [1.29, 1.82) is 0 Å². The molecule has 14 heavy (non-hydrogen) atoms. The molecule has 0 saturated carbocycles. The molecule has 0 atom stereocenters. The Morgan fingerprint density at radius 2 is 1.93 bits per heavy atom. The third kappa shape index (κ3) is 2.25. The van der Waals surface area contributed by atoms with E-state index in [0.717, 1.165) is 11.8 Å². The summed E-state index contributed by atoms with van der Waals surface area (Å²) >= 11 is 0. The van der Waals surface area contributed by atoms with Crippen molar-refractivity contribution in [2.45, 2.75) is 26.2 Å². The van der Waals surface area contributed by atoms with Gasteiger partial charge in [0, 0.05) is 12.0 Å². The Labute approximate surface area is 83.0 Å². The summed E-state index contributed by atoms with van der Waals surface area (Å²) in [6.45, 7) is 1.76. The van der Waals surface area contributed by atoms with Crippen molar-refractivity contribution in [2.75, 3.05) is 0 Å². The minimum absolute atomic E-state index is 0.184. The van der Waals surface area contributed by atoms with Gasteiger partial charge in [0.2, 0.25) is 0 Å². The lowest BCUT2D eigenvalue weighted by atomic mass is 10.0. The minimum atomic E-state index is 0.184. The summed E-state index contributed by atoms with van der Waals surface area (Å²) < 4.78 is 0. The maximum atomic E-state index is 10.1. The van der Waals surface area contributed by atoms with E-state index in [1.165, 1.54) is 12.1 Å². The van der Waals surface area contributed by atoms with Crippen LogP contribution < -0.4 is 0 Å². The first-order chi connectivity index (χ1) is 6.66. The van der Waals surface area contributed by atoms with Crippen molar-refractivity contribution in [3.05, 3.63) is 23.3 Å². The van der Waals surface area contributed by atoms with Crippen LogP contribution in [-0.4, -0.2) is 16.5 Å². The van der Waals surface area contributed by atoms with Crippen LogP contribution in [0.4, 0.5) is 0 Å². The number of rotatable bonds is 4. The zero-order chi connectivity index (χ0) is 10.6. The molecule has 3 nitrogen and oxygen atoms in total. The van der Waals surface area contributed by atoms with Crippen LogP contribution in [0.15, 0.2) is 12.1 Å². The number of aromatic hydroxyl groups is 2. The quantitative estimate of drug-likeness (QED) is 0.437. The Morgan fingerprint density at radius 3 is 2.57 bits per heavy atom. The number of carbonyl (C=O) groups is 1.